The average molecular weight is 1230 g/mol. The molecular weight excluding hydrogens is 1160 g/mol. The minimum absolute atomic E-state index is 0. The van der Waals surface area contributed by atoms with Crippen molar-refractivity contribution in [1.82, 2.24) is 29.5 Å². The van der Waals surface area contributed by atoms with Gasteiger partial charge in [-0.15, -0.1) is 0 Å². The summed E-state index contributed by atoms with van der Waals surface area (Å²) in [7, 11) is 6.93. The number of phenolic OH excluding ortho intramolecular Hbond substituents is 1. The summed E-state index contributed by atoms with van der Waals surface area (Å²) < 4.78 is 52.2. The number of anilines is 1. The van der Waals surface area contributed by atoms with Gasteiger partial charge in [0.2, 0.25) is 29.2 Å². The lowest BCUT2D eigenvalue weighted by molar-refractivity contribution is -0.181. The second-order valence-corrected chi connectivity index (χ2v) is 26.0. The summed E-state index contributed by atoms with van der Waals surface area (Å²) >= 11 is 6.51. The number of carbonyl (C=O) groups is 6. The van der Waals surface area contributed by atoms with E-state index >= 15 is 0 Å². The minimum atomic E-state index is -4.46. The van der Waals surface area contributed by atoms with Gasteiger partial charge in [0, 0.05) is 34.5 Å². The van der Waals surface area contributed by atoms with Crippen LogP contribution in [0.15, 0.2) is 94.9 Å². The lowest BCUT2D eigenvalue weighted by Gasteiger charge is -2.55. The van der Waals surface area contributed by atoms with Crippen LogP contribution in [0.3, 0.4) is 0 Å². The Bertz CT molecular complexity index is 3270. The molecule has 33 heteroatoms. The number of esters is 1. The van der Waals surface area contributed by atoms with Crippen molar-refractivity contribution in [3.8, 4) is 17.5 Å². The van der Waals surface area contributed by atoms with E-state index in [9.17, 15) is 67.8 Å². The fourth-order valence-corrected chi connectivity index (χ4v) is 13.7. The van der Waals surface area contributed by atoms with E-state index in [4.69, 9.17) is 40.8 Å². The van der Waals surface area contributed by atoms with Crippen LogP contribution >= 0.6 is 17.1 Å². The van der Waals surface area contributed by atoms with Gasteiger partial charge in [0.25, 0.3) is 21.8 Å². The number of nitrogens with one attached hydrogen (secondary N) is 2. The summed E-state index contributed by atoms with van der Waals surface area (Å²) in [4.78, 5) is 88.9. The normalized spacial score (nSPS) is 21.1. The molecule has 0 spiro atoms. The Morgan fingerprint density at radius 3 is 2.00 bits per heavy atom. The molecule has 1 saturated carbocycles. The molecule has 7 rings (SSSR count). The molecule has 4 aromatic rings. The van der Waals surface area contributed by atoms with Gasteiger partial charge in [-0.3, -0.25) is 34.2 Å². The van der Waals surface area contributed by atoms with Gasteiger partial charge in [0.1, 0.15) is 28.1 Å². The Hall–Kier alpha value is -7.20. The van der Waals surface area contributed by atoms with Crippen molar-refractivity contribution in [2.45, 2.75) is 47.5 Å². The number of methoxy groups -OCH3 is 2. The number of amides is 4. The number of Topliss-reactive ketones (excluding diaryl/α,β-unsaturated/α-hetero) is 2. The first kappa shape index (κ1) is 69.1. The van der Waals surface area contributed by atoms with E-state index in [0.29, 0.717) is 6.61 Å². The number of hydrogen-bond donors (Lipinski definition) is 9. The molecule has 29 nitrogen and oxygen atoms in total. The van der Waals surface area contributed by atoms with Gasteiger partial charge in [-0.1, -0.05) is 53.8 Å². The number of aromatic nitrogens is 3. The number of carbonyl (C=O) groups excluding carboxylic acids is 6. The SMILES string of the molecule is CCOC(=O)C(SP(=S)(OC)OC)c1ccccc1.CN(C)[C@@H]1C(=O)C(C(N)=O)=C(O)[C@@]2(O)C(=O)C3=C(O)c4c(O)cccc4[C@@](C)(O)[C@H]3[C@H](O)[C@@H]12.COc1cc(OC)nc(NC(=O)NS(=O)(=O)c2ncccc2C(=O)N(C)C)n1.O.O. The largest absolute Gasteiger partial charge is 0.508 e. The zero-order valence-electron chi connectivity index (χ0n) is 45.5. The van der Waals surface area contributed by atoms with Crippen molar-refractivity contribution in [3.63, 3.8) is 0 Å². The Morgan fingerprint density at radius 1 is 0.902 bits per heavy atom. The zero-order valence-corrected chi connectivity index (χ0v) is 48.8. The summed E-state index contributed by atoms with van der Waals surface area (Å²) in [5, 5.41) is 67.4. The number of pyridine rings is 1. The van der Waals surface area contributed by atoms with E-state index in [2.05, 4.69) is 20.3 Å². The molecule has 1 fully saturated rings. The zero-order chi connectivity index (χ0) is 60.0. The summed E-state index contributed by atoms with van der Waals surface area (Å²) in [6.07, 6.45) is -0.683. The van der Waals surface area contributed by atoms with Crippen LogP contribution in [-0.4, -0.2) is 191 Å². The first-order valence-corrected chi connectivity index (χ1v) is 29.0. The number of nitrogens with two attached hydrogens (primary N) is 1. The molecule has 14 N–H and O–H groups in total. The molecule has 2 heterocycles. The first-order valence-electron chi connectivity index (χ1n) is 23.4. The smallest absolute Gasteiger partial charge is 0.335 e. The standard InChI is InChI=1S/C22H24N2O9.C15H18N6O6S.C12H17O4PS2.2H2O/c1-21(32)7-5-4-6-8(25)9(7)15(26)10-12(21)17(28)13-14(24(2)3)16(27)11(20(23)31)19(30)22(13,33)18(10)29;1-21(2)13(22)9-6-5-7-16-12(9)28(24,25)20-15(23)19-14-17-10(26-3)8-11(18-14)27-4;1-4-16-12(13)11(10-8-6-5-7-9-10)19-17(18,14-2)15-3;;/h4-6,12-14,17,25-26,28,30,32-33H,1-3H3,(H2,23,31);5-8H,1-4H3,(H2,17,18,19,20,23);5-9,11H,4H2,1-3H3;2*1H2/t12-,13-,14+,17+,21-,22+;;;;/m1..../s1. The maximum Gasteiger partial charge on any atom is 0.335 e. The summed E-state index contributed by atoms with van der Waals surface area (Å²) in [6.45, 7) is 3.35. The fourth-order valence-electron chi connectivity index (χ4n) is 8.95. The van der Waals surface area contributed by atoms with Crippen LogP contribution in [0.2, 0.25) is 0 Å². The average Bonchev–Trinajstić information content (AvgIpc) is 3.41. The monoisotopic (exact) mass is 1230 g/mol. The maximum atomic E-state index is 13.7. The number of fused-ring (bicyclic) bond motifs is 3. The topological polar surface area (TPSA) is 462 Å². The van der Waals surface area contributed by atoms with Gasteiger partial charge in [-0.25, -0.2) is 14.5 Å². The molecule has 0 radical (unpaired) electrons. The number of ether oxygens (including phenoxy) is 3. The van der Waals surface area contributed by atoms with Crippen molar-refractivity contribution in [1.29, 1.82) is 0 Å². The van der Waals surface area contributed by atoms with E-state index in [0.717, 1.165) is 5.56 Å². The number of rotatable bonds is 15. The highest BCUT2D eigenvalue weighted by atomic mass is 32.9. The van der Waals surface area contributed by atoms with Crippen molar-refractivity contribution >= 4 is 86.0 Å². The molecular formula is C49H63N8O21PS3. The second-order valence-electron chi connectivity index (χ2n) is 17.9. The third-order valence-electron chi connectivity index (χ3n) is 12.5. The molecule has 0 bridgehead atoms. The molecule has 2 aromatic heterocycles. The lowest BCUT2D eigenvalue weighted by atomic mass is 9.53. The van der Waals surface area contributed by atoms with Gasteiger partial charge in [-0.2, -0.15) is 18.4 Å². The van der Waals surface area contributed by atoms with E-state index in [1.165, 1.54) is 127 Å². The van der Waals surface area contributed by atoms with E-state index < -0.39 is 119 Å². The number of hydrogen-bond acceptors (Lipinski definition) is 25. The number of phenols is 1. The Labute approximate surface area is 478 Å². The van der Waals surface area contributed by atoms with Crippen molar-refractivity contribution in [2.75, 3.05) is 68.6 Å². The van der Waals surface area contributed by atoms with Gasteiger partial charge in [0.15, 0.2) is 16.4 Å². The number of nitrogens with zero attached hydrogens (tertiary/aromatic N) is 5. The molecule has 4 amide bonds. The highest BCUT2D eigenvalue weighted by Gasteiger charge is 2.70. The quantitative estimate of drug-likeness (QED) is 0.0447. The van der Waals surface area contributed by atoms with Crippen LogP contribution in [0.4, 0.5) is 10.7 Å². The number of ketones is 2. The number of likely N-dealkylation sites (N-methyl/N-ethyl adjacent to an activating group) is 1. The van der Waals surface area contributed by atoms with Gasteiger partial charge in [-0.05, 0) is 69.1 Å². The number of aliphatic hydroxyl groups is 5. The molecule has 0 saturated heterocycles. The predicted molar refractivity (Wildman–Crippen MR) is 297 cm³/mol. The van der Waals surface area contributed by atoms with Crippen LogP contribution in [-0.2, 0) is 60.4 Å². The maximum absolute atomic E-state index is 13.7. The summed E-state index contributed by atoms with van der Waals surface area (Å²) in [5.74, 6) is -10.7. The first-order chi connectivity index (χ1) is 37.4. The van der Waals surface area contributed by atoms with E-state index in [-0.39, 0.29) is 51.3 Å². The molecule has 0 aliphatic heterocycles. The number of urea groups is 1. The third kappa shape index (κ3) is 13.8. The minimum Gasteiger partial charge on any atom is -0.508 e. The molecule has 1 unspecified atom stereocenters. The van der Waals surface area contributed by atoms with Crippen molar-refractivity contribution < 1.29 is 102 Å². The summed E-state index contributed by atoms with van der Waals surface area (Å²) in [6, 6.07) is 14.7. The van der Waals surface area contributed by atoms with E-state index in [1.807, 2.05) is 30.3 Å². The molecule has 3 aliphatic carbocycles. The van der Waals surface area contributed by atoms with E-state index in [1.54, 1.807) is 11.6 Å². The van der Waals surface area contributed by atoms with Crippen LogP contribution in [0, 0.1) is 11.8 Å². The fraction of sp³-hybridized carbons (Fsp3) is 0.367. The number of sulfonamides is 1. The number of aromatic hydroxyl groups is 1. The number of benzene rings is 2. The highest BCUT2D eigenvalue weighted by Crippen LogP contribution is 2.65. The summed E-state index contributed by atoms with van der Waals surface area (Å²) in [5.41, 5.74) is -3.67. The van der Waals surface area contributed by atoms with Crippen LogP contribution in [0.5, 0.6) is 17.5 Å². The Morgan fingerprint density at radius 2 is 1.49 bits per heavy atom. The van der Waals surface area contributed by atoms with Gasteiger partial charge in [0.05, 0.1) is 73.2 Å². The van der Waals surface area contributed by atoms with Crippen molar-refractivity contribution in [2.24, 2.45) is 17.6 Å². The number of primary amides is 1. The van der Waals surface area contributed by atoms with Gasteiger partial charge >= 0.3 is 12.0 Å². The third-order valence-corrected chi connectivity index (χ3v) is 19.6. The Balaban J connectivity index is 0.000000330. The molecule has 82 heavy (non-hydrogen) atoms. The van der Waals surface area contributed by atoms with Crippen molar-refractivity contribution in [3.05, 3.63) is 112 Å². The highest BCUT2D eigenvalue weighted by molar-refractivity contribution is 8.68. The van der Waals surface area contributed by atoms with Crippen LogP contribution < -0.4 is 25.2 Å². The lowest BCUT2D eigenvalue weighted by Crippen LogP contribution is -2.71. The Kier molecular flexibility index (Phi) is 23.3. The van der Waals surface area contributed by atoms with Crippen LogP contribution in [0.1, 0.15) is 46.1 Å². The van der Waals surface area contributed by atoms with Gasteiger partial charge < -0.3 is 75.5 Å². The molecule has 2 aromatic carbocycles. The molecule has 448 valence electrons. The number of aliphatic hydroxyl groups excluding tert-OH is 3. The predicted octanol–water partition coefficient (Wildman–Crippen LogP) is 0.593. The second kappa shape index (κ2) is 27.7. The molecule has 3 aliphatic rings. The van der Waals surface area contributed by atoms with Crippen LogP contribution in [0.25, 0.3) is 5.76 Å². The molecule has 7 atom stereocenters.